The lowest BCUT2D eigenvalue weighted by Crippen LogP contribution is -2.53. The number of carboxylic acid groups (broad SMARTS) is 1. The van der Waals surface area contributed by atoms with E-state index in [0.717, 1.165) is 17.4 Å². The maximum absolute atomic E-state index is 15.0. The monoisotopic (exact) mass is 796 g/mol. The van der Waals surface area contributed by atoms with E-state index in [9.17, 15) is 41.4 Å². The van der Waals surface area contributed by atoms with Crippen molar-refractivity contribution in [3.63, 3.8) is 0 Å². The van der Waals surface area contributed by atoms with Gasteiger partial charge in [0.1, 0.15) is 6.04 Å². The fraction of sp³-hybridized carbons (Fsp3) is 0.325. The molecule has 0 aliphatic carbocycles. The van der Waals surface area contributed by atoms with Gasteiger partial charge in [0.2, 0.25) is 15.9 Å². The average molecular weight is 797 g/mol. The van der Waals surface area contributed by atoms with Gasteiger partial charge in [-0.05, 0) is 59.4 Å². The highest BCUT2D eigenvalue weighted by Crippen LogP contribution is 2.41. The molecule has 15 heteroatoms. The van der Waals surface area contributed by atoms with Crippen molar-refractivity contribution in [2.45, 2.75) is 62.3 Å². The fourth-order valence-electron chi connectivity index (χ4n) is 6.35. The minimum Gasteiger partial charge on any atom is -0.465 e. The number of halogens is 3. The minimum atomic E-state index is -5.05. The van der Waals surface area contributed by atoms with Crippen LogP contribution >= 0.6 is 11.3 Å². The molecule has 2 heterocycles. The molecule has 0 saturated heterocycles. The highest BCUT2D eigenvalue weighted by Gasteiger charge is 2.46. The summed E-state index contributed by atoms with van der Waals surface area (Å²) >= 11 is 0.605. The van der Waals surface area contributed by atoms with Crippen molar-refractivity contribution in [3.8, 4) is 0 Å². The van der Waals surface area contributed by atoms with Gasteiger partial charge >= 0.3 is 12.3 Å². The molecule has 5 aromatic rings. The molecule has 2 amide bonds. The summed E-state index contributed by atoms with van der Waals surface area (Å²) in [5.74, 6) is -2.18. The van der Waals surface area contributed by atoms with Crippen LogP contribution in [0.1, 0.15) is 66.1 Å². The van der Waals surface area contributed by atoms with Gasteiger partial charge in [-0.1, -0.05) is 87.5 Å². The van der Waals surface area contributed by atoms with Gasteiger partial charge in [-0.2, -0.15) is 17.5 Å². The van der Waals surface area contributed by atoms with E-state index in [2.05, 4.69) is 10.3 Å². The number of nitrogens with one attached hydrogen (secondary N) is 1. The molecule has 0 spiro atoms. The van der Waals surface area contributed by atoms with Crippen LogP contribution in [0.3, 0.4) is 0 Å². The number of thiophene rings is 1. The zero-order valence-electron chi connectivity index (χ0n) is 30.6. The highest BCUT2D eigenvalue weighted by molar-refractivity contribution is 7.89. The van der Waals surface area contributed by atoms with Gasteiger partial charge in [-0.25, -0.2) is 13.2 Å². The molecule has 0 radical (unpaired) electrons. The second kappa shape index (κ2) is 16.9. The Morgan fingerprint density at radius 3 is 2.02 bits per heavy atom. The van der Waals surface area contributed by atoms with Crippen LogP contribution in [0.4, 0.5) is 18.0 Å². The standard InChI is InChI=1S/C40H43F3N4O6S2/c1-39(2,3)21-23-47(55(52,53)29-17-18-30-28(24-29)16-11-22-44-30)31(25-48)32-19-20-33(54-32)36(40(41,42)43)45-37(49)35(46(4)38(50)51)34(26-12-7-5-8-13-26)27-14-9-6-10-15-27/h5-20,22,24,31,34-36,48H,21,23,25H2,1-4H3,(H,45,49)(H,50,51)/t31-,35+,36-/m1/s1. The topological polar surface area (TPSA) is 140 Å². The maximum Gasteiger partial charge on any atom is 0.413 e. The molecular weight excluding hydrogens is 754 g/mol. The summed E-state index contributed by atoms with van der Waals surface area (Å²) in [6.07, 6.45) is -4.64. The Bertz CT molecular complexity index is 2160. The summed E-state index contributed by atoms with van der Waals surface area (Å²) in [6.45, 7) is 4.95. The van der Waals surface area contributed by atoms with Crippen molar-refractivity contribution in [1.29, 1.82) is 0 Å². The zero-order chi connectivity index (χ0) is 40.1. The number of aromatic nitrogens is 1. The number of nitrogens with zero attached hydrogens (tertiary/aromatic N) is 3. The Kier molecular flexibility index (Phi) is 12.7. The van der Waals surface area contributed by atoms with Gasteiger partial charge in [0.15, 0.2) is 6.04 Å². The summed E-state index contributed by atoms with van der Waals surface area (Å²) in [5.41, 5.74) is 1.24. The molecule has 0 fully saturated rings. The molecule has 0 bridgehead atoms. The lowest BCUT2D eigenvalue weighted by molar-refractivity contribution is -0.164. The van der Waals surface area contributed by atoms with E-state index in [-0.39, 0.29) is 26.6 Å². The van der Waals surface area contributed by atoms with Crippen LogP contribution < -0.4 is 5.32 Å². The number of carbonyl (C=O) groups excluding carboxylic acids is 1. The highest BCUT2D eigenvalue weighted by atomic mass is 32.2. The first-order valence-corrected chi connectivity index (χ1v) is 19.7. The molecular formula is C40H43F3N4O6S2. The molecule has 0 aliphatic heterocycles. The van der Waals surface area contributed by atoms with E-state index in [0.29, 0.717) is 44.7 Å². The summed E-state index contributed by atoms with van der Waals surface area (Å²) < 4.78 is 74.7. The number of rotatable bonds is 14. The van der Waals surface area contributed by atoms with Gasteiger partial charge in [0, 0.05) is 40.8 Å². The minimum absolute atomic E-state index is 0.0572. The van der Waals surface area contributed by atoms with E-state index in [1.54, 1.807) is 85.1 Å². The number of aliphatic hydroxyl groups excluding tert-OH is 1. The molecule has 0 saturated carbocycles. The van der Waals surface area contributed by atoms with Crippen LogP contribution in [-0.2, 0) is 14.8 Å². The summed E-state index contributed by atoms with van der Waals surface area (Å²) in [4.78, 5) is 31.1. The number of carbonyl (C=O) groups is 2. The number of likely N-dealkylation sites (N-methyl/N-ethyl adjacent to an activating group) is 1. The van der Waals surface area contributed by atoms with Crippen LogP contribution in [0.15, 0.2) is 114 Å². The lowest BCUT2D eigenvalue weighted by atomic mass is 9.83. The van der Waals surface area contributed by atoms with Crippen molar-refractivity contribution in [1.82, 2.24) is 19.5 Å². The normalized spacial score (nSPS) is 14.1. The Morgan fingerprint density at radius 1 is 0.873 bits per heavy atom. The van der Waals surface area contributed by atoms with E-state index >= 15 is 0 Å². The van der Waals surface area contributed by atoms with Gasteiger partial charge in [-0.3, -0.25) is 14.7 Å². The molecule has 292 valence electrons. The van der Waals surface area contributed by atoms with Crippen LogP contribution in [0.2, 0.25) is 0 Å². The smallest absolute Gasteiger partial charge is 0.413 e. The predicted molar refractivity (Wildman–Crippen MR) is 205 cm³/mol. The van der Waals surface area contributed by atoms with Crippen LogP contribution in [0, 0.1) is 5.41 Å². The third kappa shape index (κ3) is 9.71. The van der Waals surface area contributed by atoms with Crippen molar-refractivity contribution in [2.24, 2.45) is 5.41 Å². The Morgan fingerprint density at radius 2 is 1.47 bits per heavy atom. The van der Waals surface area contributed by atoms with Crippen LogP contribution in [0.25, 0.3) is 10.9 Å². The Hall–Kier alpha value is -4.83. The number of sulfonamides is 1. The average Bonchev–Trinajstić information content (AvgIpc) is 3.62. The van der Waals surface area contributed by atoms with Crippen molar-refractivity contribution in [2.75, 3.05) is 20.2 Å². The fourth-order valence-corrected chi connectivity index (χ4v) is 9.25. The number of aliphatic hydroxyl groups is 1. The molecule has 5 rings (SSSR count). The quantitative estimate of drug-likeness (QED) is 0.104. The van der Waals surface area contributed by atoms with E-state index in [1.807, 2.05) is 20.8 Å². The number of fused-ring (bicyclic) bond motifs is 1. The number of amides is 2. The zero-order valence-corrected chi connectivity index (χ0v) is 32.3. The van der Waals surface area contributed by atoms with Crippen LogP contribution in [0.5, 0.6) is 0 Å². The van der Waals surface area contributed by atoms with E-state index < -0.39 is 58.9 Å². The number of hydrogen-bond donors (Lipinski definition) is 3. The second-order valence-electron chi connectivity index (χ2n) is 14.3. The predicted octanol–water partition coefficient (Wildman–Crippen LogP) is 7.99. The largest absolute Gasteiger partial charge is 0.465 e. The molecule has 2 aromatic heterocycles. The van der Waals surface area contributed by atoms with Crippen molar-refractivity contribution >= 4 is 44.3 Å². The van der Waals surface area contributed by atoms with Crippen LogP contribution in [-0.4, -0.2) is 77.2 Å². The van der Waals surface area contributed by atoms with Gasteiger partial charge in [0.25, 0.3) is 0 Å². The third-order valence-corrected chi connectivity index (χ3v) is 12.4. The summed E-state index contributed by atoms with van der Waals surface area (Å²) in [7, 11) is -3.20. The molecule has 55 heavy (non-hydrogen) atoms. The third-order valence-electron chi connectivity index (χ3n) is 9.28. The number of alkyl halides is 3. The van der Waals surface area contributed by atoms with Gasteiger partial charge < -0.3 is 15.5 Å². The number of pyridine rings is 1. The molecule has 3 atom stereocenters. The maximum atomic E-state index is 15.0. The summed E-state index contributed by atoms with van der Waals surface area (Å²) in [6, 6.07) is 21.6. The molecule has 10 nitrogen and oxygen atoms in total. The van der Waals surface area contributed by atoms with Crippen molar-refractivity contribution in [3.05, 3.63) is 130 Å². The molecule has 3 aromatic carbocycles. The molecule has 0 unspecified atom stereocenters. The molecule has 0 aliphatic rings. The SMILES string of the molecule is CN(C(=O)O)[C@H](C(=O)N[C@H](c1ccc([C@@H](CO)N(CCC(C)(C)C)S(=O)(=O)c2ccc3ncccc3c2)s1)C(F)(F)F)C(c1ccccc1)c1ccccc1. The summed E-state index contributed by atoms with van der Waals surface area (Å²) in [5, 5.41) is 23.4. The first-order valence-electron chi connectivity index (χ1n) is 17.4. The molecule has 3 N–H and O–H groups in total. The van der Waals surface area contributed by atoms with Crippen molar-refractivity contribution < 1.29 is 41.4 Å². The second-order valence-corrected chi connectivity index (χ2v) is 17.4. The number of hydrogen-bond acceptors (Lipinski definition) is 7. The van der Waals surface area contributed by atoms with Gasteiger partial charge in [0.05, 0.1) is 23.1 Å². The van der Waals surface area contributed by atoms with Gasteiger partial charge in [-0.15, -0.1) is 11.3 Å². The lowest BCUT2D eigenvalue weighted by Gasteiger charge is -2.34. The Balaban J connectivity index is 1.53. The van der Waals surface area contributed by atoms with E-state index in [4.69, 9.17) is 0 Å². The Labute approximate surface area is 322 Å². The number of benzene rings is 3. The first kappa shape index (κ1) is 41.3. The first-order chi connectivity index (χ1) is 25.9. The van der Waals surface area contributed by atoms with E-state index in [1.165, 1.54) is 18.2 Å².